The number of carbonyl (C=O) groups is 1. The number of carbonyl (C=O) groups excluding carboxylic acids is 1. The van der Waals surface area contributed by atoms with Crippen molar-refractivity contribution in [1.29, 1.82) is 0 Å². The third-order valence-corrected chi connectivity index (χ3v) is 4.01. The van der Waals surface area contributed by atoms with E-state index in [1.165, 1.54) is 0 Å². The average molecular weight is 276 g/mol. The Kier molecular flexibility index (Phi) is 2.33. The van der Waals surface area contributed by atoms with Gasteiger partial charge in [-0.15, -0.1) is 0 Å². The Balaban J connectivity index is 2.19. The maximum atomic E-state index is 12.5. The first kappa shape index (κ1) is 12.0. The van der Waals surface area contributed by atoms with Crippen molar-refractivity contribution in [2.24, 2.45) is 0 Å². The van der Waals surface area contributed by atoms with Crippen molar-refractivity contribution in [1.82, 2.24) is 0 Å². The van der Waals surface area contributed by atoms with E-state index in [2.05, 4.69) is 0 Å². The fourth-order valence-corrected chi connectivity index (χ4v) is 3.03. The number of rotatable bonds is 1. The molecule has 0 spiro atoms. The highest BCUT2D eigenvalue weighted by molar-refractivity contribution is 6.26. The molecule has 0 fully saturated rings. The van der Waals surface area contributed by atoms with Crippen molar-refractivity contribution < 1.29 is 14.6 Å². The first-order chi connectivity index (χ1) is 10.2. The molecule has 0 atom stereocenters. The highest BCUT2D eigenvalue weighted by Gasteiger charge is 2.29. The van der Waals surface area contributed by atoms with Crippen LogP contribution in [-0.2, 0) is 0 Å². The summed E-state index contributed by atoms with van der Waals surface area (Å²) >= 11 is 0. The first-order valence-corrected chi connectivity index (χ1v) is 6.68. The van der Waals surface area contributed by atoms with E-state index in [0.29, 0.717) is 16.9 Å². The van der Waals surface area contributed by atoms with Gasteiger partial charge in [-0.1, -0.05) is 24.3 Å². The summed E-state index contributed by atoms with van der Waals surface area (Å²) in [5.74, 6) is 0.778. The third-order valence-electron chi connectivity index (χ3n) is 4.01. The molecule has 3 aromatic rings. The van der Waals surface area contributed by atoms with Crippen LogP contribution in [0.25, 0.3) is 21.9 Å². The zero-order valence-electron chi connectivity index (χ0n) is 11.4. The molecule has 3 nitrogen and oxygen atoms in total. The second kappa shape index (κ2) is 4.09. The molecule has 0 heterocycles. The van der Waals surface area contributed by atoms with Gasteiger partial charge in [-0.05, 0) is 35.2 Å². The third kappa shape index (κ3) is 1.51. The second-order valence-corrected chi connectivity index (χ2v) is 5.10. The molecule has 0 saturated heterocycles. The van der Waals surface area contributed by atoms with Gasteiger partial charge in [-0.3, -0.25) is 4.79 Å². The Morgan fingerprint density at radius 1 is 0.905 bits per heavy atom. The molecule has 0 aliphatic heterocycles. The number of phenolic OH excluding ortho intramolecular Hbond substituents is 1. The lowest BCUT2D eigenvalue weighted by Crippen LogP contribution is -1.94. The molecule has 1 aliphatic rings. The minimum absolute atomic E-state index is 0.0411. The van der Waals surface area contributed by atoms with Crippen LogP contribution in [0.3, 0.4) is 0 Å². The standard InChI is InChI=1S/C18H12O3/c1-21-10-6-7-11-14(8-10)17-12-4-2-3-5-13(12)18(20)15(17)9-16(11)19/h2-9,19H,1H3. The monoisotopic (exact) mass is 276 g/mol. The maximum Gasteiger partial charge on any atom is 0.194 e. The van der Waals surface area contributed by atoms with Crippen LogP contribution < -0.4 is 4.74 Å². The molecule has 21 heavy (non-hydrogen) atoms. The number of hydrogen-bond acceptors (Lipinski definition) is 3. The Morgan fingerprint density at radius 2 is 1.67 bits per heavy atom. The number of aromatic hydroxyl groups is 1. The largest absolute Gasteiger partial charge is 0.507 e. The van der Waals surface area contributed by atoms with Crippen molar-refractivity contribution in [3.8, 4) is 22.6 Å². The summed E-state index contributed by atoms with van der Waals surface area (Å²) in [5, 5.41) is 11.8. The topological polar surface area (TPSA) is 46.5 Å². The van der Waals surface area contributed by atoms with Crippen molar-refractivity contribution >= 4 is 16.6 Å². The molecule has 0 amide bonds. The maximum absolute atomic E-state index is 12.5. The van der Waals surface area contributed by atoms with Crippen LogP contribution in [-0.4, -0.2) is 18.0 Å². The van der Waals surface area contributed by atoms with E-state index in [9.17, 15) is 9.90 Å². The highest BCUT2D eigenvalue weighted by atomic mass is 16.5. The SMILES string of the molecule is COc1ccc2c(O)cc3c(c2c1)-c1ccccc1C3=O. The van der Waals surface area contributed by atoms with Gasteiger partial charge in [0.1, 0.15) is 11.5 Å². The summed E-state index contributed by atoms with van der Waals surface area (Å²) in [5.41, 5.74) is 3.02. The van der Waals surface area contributed by atoms with Crippen molar-refractivity contribution in [3.05, 3.63) is 59.7 Å². The molecule has 3 heteroatoms. The van der Waals surface area contributed by atoms with Crippen molar-refractivity contribution in [2.45, 2.75) is 0 Å². The van der Waals surface area contributed by atoms with Gasteiger partial charge in [0.15, 0.2) is 5.78 Å². The second-order valence-electron chi connectivity index (χ2n) is 5.10. The fourth-order valence-electron chi connectivity index (χ4n) is 3.03. The smallest absolute Gasteiger partial charge is 0.194 e. The lowest BCUT2D eigenvalue weighted by atomic mass is 9.97. The van der Waals surface area contributed by atoms with E-state index in [-0.39, 0.29) is 11.5 Å². The summed E-state index contributed by atoms with van der Waals surface area (Å²) in [6.45, 7) is 0. The molecule has 102 valence electrons. The van der Waals surface area contributed by atoms with E-state index in [1.807, 2.05) is 36.4 Å². The van der Waals surface area contributed by atoms with Crippen LogP contribution in [0.1, 0.15) is 15.9 Å². The lowest BCUT2D eigenvalue weighted by molar-refractivity contribution is 0.104. The van der Waals surface area contributed by atoms with Gasteiger partial charge < -0.3 is 9.84 Å². The van der Waals surface area contributed by atoms with Gasteiger partial charge in [0.05, 0.1) is 7.11 Å². The number of ether oxygens (including phenoxy) is 1. The van der Waals surface area contributed by atoms with Gasteiger partial charge >= 0.3 is 0 Å². The van der Waals surface area contributed by atoms with Crippen LogP contribution in [0.5, 0.6) is 11.5 Å². The van der Waals surface area contributed by atoms with E-state index in [0.717, 1.165) is 21.9 Å². The van der Waals surface area contributed by atoms with E-state index >= 15 is 0 Å². The van der Waals surface area contributed by atoms with Gasteiger partial charge in [0.2, 0.25) is 0 Å². The molecule has 1 N–H and O–H groups in total. The number of phenols is 1. The molecule has 4 rings (SSSR count). The molecule has 1 aliphatic carbocycles. The predicted molar refractivity (Wildman–Crippen MR) is 81.0 cm³/mol. The average Bonchev–Trinajstić information content (AvgIpc) is 2.80. The minimum atomic E-state index is -0.0411. The quantitative estimate of drug-likeness (QED) is 0.575. The van der Waals surface area contributed by atoms with E-state index in [4.69, 9.17) is 4.74 Å². The number of methoxy groups -OCH3 is 1. The summed E-state index contributed by atoms with van der Waals surface area (Å²) in [7, 11) is 1.60. The number of hydrogen-bond donors (Lipinski definition) is 1. The Morgan fingerprint density at radius 3 is 2.43 bits per heavy atom. The van der Waals surface area contributed by atoms with Gasteiger partial charge in [-0.2, -0.15) is 0 Å². The van der Waals surface area contributed by atoms with Crippen molar-refractivity contribution in [2.75, 3.05) is 7.11 Å². The highest BCUT2D eigenvalue weighted by Crippen LogP contribution is 2.45. The van der Waals surface area contributed by atoms with Gasteiger partial charge in [0.25, 0.3) is 0 Å². The number of fused-ring (bicyclic) bond motifs is 5. The summed E-state index contributed by atoms with van der Waals surface area (Å²) in [6.07, 6.45) is 0. The predicted octanol–water partition coefficient (Wildman–Crippen LogP) is 3.77. The van der Waals surface area contributed by atoms with Gasteiger partial charge in [0, 0.05) is 22.1 Å². The lowest BCUT2D eigenvalue weighted by Gasteiger charge is -2.09. The molecular formula is C18H12O3. The number of ketones is 1. The van der Waals surface area contributed by atoms with Crippen LogP contribution in [0, 0.1) is 0 Å². The van der Waals surface area contributed by atoms with Gasteiger partial charge in [-0.25, -0.2) is 0 Å². The number of benzene rings is 3. The molecule has 0 radical (unpaired) electrons. The zero-order chi connectivity index (χ0) is 14.6. The molecular weight excluding hydrogens is 264 g/mol. The molecule has 3 aromatic carbocycles. The van der Waals surface area contributed by atoms with Crippen molar-refractivity contribution in [3.63, 3.8) is 0 Å². The zero-order valence-corrected chi connectivity index (χ0v) is 11.4. The van der Waals surface area contributed by atoms with Crippen LogP contribution in [0.15, 0.2) is 48.5 Å². The molecule has 0 bridgehead atoms. The first-order valence-electron chi connectivity index (χ1n) is 6.68. The van der Waals surface area contributed by atoms with E-state index in [1.54, 1.807) is 19.2 Å². The summed E-state index contributed by atoms with van der Waals surface area (Å²) < 4.78 is 5.27. The molecule has 0 unspecified atom stereocenters. The fraction of sp³-hybridized carbons (Fsp3) is 0.0556. The molecule has 0 aromatic heterocycles. The van der Waals surface area contributed by atoms with Crippen LogP contribution in [0.2, 0.25) is 0 Å². The minimum Gasteiger partial charge on any atom is -0.507 e. The Labute approximate surface area is 121 Å². The summed E-state index contributed by atoms with van der Waals surface area (Å²) in [6, 6.07) is 14.6. The van der Waals surface area contributed by atoms with Crippen LogP contribution >= 0.6 is 0 Å². The molecule has 0 saturated carbocycles. The Hall–Kier alpha value is -2.81. The Bertz CT molecular complexity index is 910. The normalized spacial score (nSPS) is 12.3. The van der Waals surface area contributed by atoms with Crippen LogP contribution in [0.4, 0.5) is 0 Å². The summed E-state index contributed by atoms with van der Waals surface area (Å²) in [4.78, 5) is 12.5. The van der Waals surface area contributed by atoms with E-state index < -0.39 is 0 Å².